The fourth-order valence-corrected chi connectivity index (χ4v) is 4.62. The average molecular weight is 314 g/mol. The molecule has 23 heavy (non-hydrogen) atoms. The van der Waals surface area contributed by atoms with Crippen LogP contribution in [0.5, 0.6) is 0 Å². The number of allylic oxidation sites excluding steroid dienone is 3. The molecule has 0 amide bonds. The molecule has 0 radical (unpaired) electrons. The van der Waals surface area contributed by atoms with Gasteiger partial charge in [-0.25, -0.2) is 0 Å². The lowest BCUT2D eigenvalue weighted by atomic mass is 9.58. The second-order valence-electron chi connectivity index (χ2n) is 7.26. The molecule has 0 spiro atoms. The van der Waals surface area contributed by atoms with E-state index in [1.165, 1.54) is 22.3 Å². The summed E-state index contributed by atoms with van der Waals surface area (Å²) in [4.78, 5) is 12.4. The summed E-state index contributed by atoms with van der Waals surface area (Å²) in [5.41, 5.74) is 5.55. The van der Waals surface area contributed by atoms with Gasteiger partial charge in [0, 0.05) is 0 Å². The normalized spacial score (nSPS) is 28.0. The van der Waals surface area contributed by atoms with Gasteiger partial charge in [0.15, 0.2) is 0 Å². The van der Waals surface area contributed by atoms with E-state index in [2.05, 4.69) is 20.8 Å². The zero-order valence-electron chi connectivity index (χ0n) is 14.3. The average Bonchev–Trinajstić information content (AvgIpc) is 3.03. The van der Waals surface area contributed by atoms with E-state index in [9.17, 15) is 9.90 Å². The maximum atomic E-state index is 12.4. The van der Waals surface area contributed by atoms with Gasteiger partial charge in [0.1, 0.15) is 0 Å². The van der Waals surface area contributed by atoms with Crippen LogP contribution in [-0.4, -0.2) is 11.1 Å². The molecule has 1 saturated carbocycles. The molecule has 0 bridgehead atoms. The summed E-state index contributed by atoms with van der Waals surface area (Å²) in [6, 6.07) is 1.94. The van der Waals surface area contributed by atoms with E-state index in [-0.39, 0.29) is 0 Å². The van der Waals surface area contributed by atoms with Crippen molar-refractivity contribution in [3.63, 3.8) is 0 Å². The van der Waals surface area contributed by atoms with Crippen molar-refractivity contribution in [2.75, 3.05) is 0 Å². The van der Waals surface area contributed by atoms with Crippen LogP contribution in [-0.2, 0) is 11.2 Å². The molecule has 0 aliphatic heterocycles. The molecule has 3 rings (SSSR count). The summed E-state index contributed by atoms with van der Waals surface area (Å²) in [6.45, 7) is 6.46. The minimum Gasteiger partial charge on any atom is -0.481 e. The standard InChI is InChI=1S/C20H26O3/c1-13-11-17-5-4-8-20(19(21)22,18(17)15(3)14(13)2)9-6-16-7-10-23-12-16/h7,10,12,17H,4-6,8-9,11H2,1-3H3,(H,21,22). The molecule has 1 aromatic heterocycles. The van der Waals surface area contributed by atoms with Gasteiger partial charge in [-0.05, 0) is 87.1 Å². The third kappa shape index (κ3) is 2.66. The van der Waals surface area contributed by atoms with Crippen LogP contribution in [0.15, 0.2) is 45.3 Å². The fraction of sp³-hybridized carbons (Fsp3) is 0.550. The third-order valence-corrected chi connectivity index (χ3v) is 6.07. The minimum atomic E-state index is -0.702. The van der Waals surface area contributed by atoms with E-state index in [1.807, 2.05) is 6.07 Å². The van der Waals surface area contributed by atoms with Crippen LogP contribution in [0, 0.1) is 11.3 Å². The van der Waals surface area contributed by atoms with Gasteiger partial charge >= 0.3 is 5.97 Å². The molecule has 1 N–H and O–H groups in total. The quantitative estimate of drug-likeness (QED) is 0.837. The molecule has 3 nitrogen and oxygen atoms in total. The van der Waals surface area contributed by atoms with Crippen LogP contribution < -0.4 is 0 Å². The Morgan fingerprint density at radius 2 is 2.13 bits per heavy atom. The summed E-state index contributed by atoms with van der Waals surface area (Å²) in [5.74, 6) is -0.236. The largest absolute Gasteiger partial charge is 0.481 e. The van der Waals surface area contributed by atoms with Crippen molar-refractivity contribution in [3.05, 3.63) is 46.4 Å². The van der Waals surface area contributed by atoms with E-state index in [0.717, 1.165) is 37.7 Å². The van der Waals surface area contributed by atoms with Crippen molar-refractivity contribution < 1.29 is 14.3 Å². The zero-order valence-corrected chi connectivity index (χ0v) is 14.3. The van der Waals surface area contributed by atoms with Gasteiger partial charge in [0.25, 0.3) is 0 Å². The number of aliphatic carboxylic acids is 1. The van der Waals surface area contributed by atoms with Gasteiger partial charge in [0.2, 0.25) is 0 Å². The highest BCUT2D eigenvalue weighted by atomic mass is 16.4. The number of fused-ring (bicyclic) bond motifs is 1. The molecule has 1 heterocycles. The third-order valence-electron chi connectivity index (χ3n) is 6.07. The summed E-state index contributed by atoms with van der Waals surface area (Å²) in [5, 5.41) is 10.2. The topological polar surface area (TPSA) is 50.4 Å². The lowest BCUT2D eigenvalue weighted by molar-refractivity contribution is -0.148. The van der Waals surface area contributed by atoms with Crippen molar-refractivity contribution in [3.8, 4) is 0 Å². The van der Waals surface area contributed by atoms with Crippen molar-refractivity contribution >= 4 is 5.97 Å². The first kappa shape index (κ1) is 16.1. The Labute approximate surface area is 138 Å². The lowest BCUT2D eigenvalue weighted by Crippen LogP contribution is -2.41. The van der Waals surface area contributed by atoms with Gasteiger partial charge in [-0.3, -0.25) is 4.79 Å². The van der Waals surface area contributed by atoms with Crippen molar-refractivity contribution in [1.29, 1.82) is 0 Å². The first-order valence-corrected chi connectivity index (χ1v) is 8.58. The summed E-state index contributed by atoms with van der Waals surface area (Å²) < 4.78 is 5.14. The monoisotopic (exact) mass is 314 g/mol. The van der Waals surface area contributed by atoms with Crippen LogP contribution in [0.2, 0.25) is 0 Å². The molecule has 1 aromatic rings. The van der Waals surface area contributed by atoms with Gasteiger partial charge in [-0.15, -0.1) is 0 Å². The SMILES string of the molecule is CC1=C(C)C(C)=C2C(CCCC2(CCc2ccoc2)C(=O)O)C1. The first-order chi connectivity index (χ1) is 11.0. The van der Waals surface area contributed by atoms with Crippen molar-refractivity contribution in [1.82, 2.24) is 0 Å². The molecule has 2 aliphatic rings. The highest BCUT2D eigenvalue weighted by molar-refractivity contribution is 5.80. The lowest BCUT2D eigenvalue weighted by Gasteiger charge is -2.44. The molecule has 1 fully saturated rings. The Hall–Kier alpha value is -1.77. The van der Waals surface area contributed by atoms with Crippen LogP contribution in [0.3, 0.4) is 0 Å². The molecule has 0 saturated heterocycles. The predicted octanol–water partition coefficient (Wildman–Crippen LogP) is 5.14. The Kier molecular flexibility index (Phi) is 4.22. The fourth-order valence-electron chi connectivity index (χ4n) is 4.62. The first-order valence-electron chi connectivity index (χ1n) is 8.58. The van der Waals surface area contributed by atoms with Gasteiger partial charge in [0.05, 0.1) is 17.9 Å². The number of carboxylic acids is 1. The Morgan fingerprint density at radius 1 is 1.35 bits per heavy atom. The number of rotatable bonds is 4. The molecule has 2 aliphatic carbocycles. The predicted molar refractivity (Wildman–Crippen MR) is 90.1 cm³/mol. The smallest absolute Gasteiger partial charge is 0.313 e. The Balaban J connectivity index is 2.01. The summed E-state index contributed by atoms with van der Waals surface area (Å²) in [6.07, 6.45) is 8.73. The van der Waals surface area contributed by atoms with Gasteiger partial charge in [-0.1, -0.05) is 12.0 Å². The molecular weight excluding hydrogens is 288 g/mol. The Morgan fingerprint density at radius 3 is 2.78 bits per heavy atom. The summed E-state index contributed by atoms with van der Waals surface area (Å²) >= 11 is 0. The molecule has 0 aromatic carbocycles. The number of aryl methyl sites for hydroxylation is 1. The number of carbonyl (C=O) groups is 1. The number of furan rings is 1. The second kappa shape index (κ2) is 6.03. The van der Waals surface area contributed by atoms with Crippen LogP contribution in [0.25, 0.3) is 0 Å². The zero-order chi connectivity index (χ0) is 16.6. The summed E-state index contributed by atoms with van der Waals surface area (Å²) in [7, 11) is 0. The highest BCUT2D eigenvalue weighted by Gasteiger charge is 2.48. The number of hydrogen-bond donors (Lipinski definition) is 1. The Bertz CT molecular complexity index is 663. The molecule has 2 atom stereocenters. The maximum Gasteiger partial charge on any atom is 0.313 e. The minimum absolute atomic E-state index is 0.410. The van der Waals surface area contributed by atoms with E-state index in [1.54, 1.807) is 12.5 Å². The number of carboxylic acid groups (broad SMARTS) is 1. The maximum absolute atomic E-state index is 12.4. The molecule has 3 heteroatoms. The van der Waals surface area contributed by atoms with Crippen molar-refractivity contribution in [2.45, 2.75) is 59.3 Å². The van der Waals surface area contributed by atoms with Crippen LogP contribution in [0.1, 0.15) is 58.4 Å². The van der Waals surface area contributed by atoms with E-state index >= 15 is 0 Å². The molecule has 124 valence electrons. The second-order valence-corrected chi connectivity index (χ2v) is 7.26. The van der Waals surface area contributed by atoms with Gasteiger partial charge < -0.3 is 9.52 Å². The highest BCUT2D eigenvalue weighted by Crippen LogP contribution is 2.53. The molecule has 2 unspecified atom stereocenters. The number of hydrogen-bond acceptors (Lipinski definition) is 2. The van der Waals surface area contributed by atoms with E-state index in [0.29, 0.717) is 12.3 Å². The van der Waals surface area contributed by atoms with Crippen LogP contribution >= 0.6 is 0 Å². The van der Waals surface area contributed by atoms with E-state index < -0.39 is 11.4 Å². The van der Waals surface area contributed by atoms with Crippen LogP contribution in [0.4, 0.5) is 0 Å². The van der Waals surface area contributed by atoms with E-state index in [4.69, 9.17) is 4.42 Å². The molecular formula is C20H26O3. The van der Waals surface area contributed by atoms with Gasteiger partial charge in [-0.2, -0.15) is 0 Å². The van der Waals surface area contributed by atoms with Crippen molar-refractivity contribution in [2.24, 2.45) is 11.3 Å².